The minimum Gasteiger partial charge on any atom is -0.355 e. The maximum Gasteiger partial charge on any atom is 0.234 e. The molecule has 0 rings (SSSR count). The molecule has 3 nitrogen and oxygen atoms in total. The summed E-state index contributed by atoms with van der Waals surface area (Å²) in [4.78, 5) is 13.6. The van der Waals surface area contributed by atoms with Gasteiger partial charge in [0.1, 0.15) is 0 Å². The summed E-state index contributed by atoms with van der Waals surface area (Å²) in [7, 11) is 4.12. The van der Waals surface area contributed by atoms with E-state index in [1.807, 2.05) is 13.8 Å². The summed E-state index contributed by atoms with van der Waals surface area (Å²) in [5, 5.41) is 2.93. The van der Waals surface area contributed by atoms with Crippen LogP contribution in [-0.2, 0) is 4.79 Å². The van der Waals surface area contributed by atoms with E-state index >= 15 is 0 Å². The monoisotopic (exact) mass is 278 g/mol. The fourth-order valence-corrected chi connectivity index (χ4v) is 1.33. The Balaban J connectivity index is 3.47. The summed E-state index contributed by atoms with van der Waals surface area (Å²) < 4.78 is 0. The second-order valence-electron chi connectivity index (χ2n) is 4.45. The Kier molecular flexibility index (Phi) is 8.06. The van der Waals surface area contributed by atoms with Crippen LogP contribution in [-0.4, -0.2) is 42.8 Å². The SMILES string of the molecule is CC(C)C(Br)C(=O)NCCCCN(C)C. The number of unbranched alkanes of at least 4 members (excludes halogenated alkanes) is 1. The van der Waals surface area contributed by atoms with E-state index in [1.165, 1.54) is 0 Å². The summed E-state index contributed by atoms with van der Waals surface area (Å²) in [6.07, 6.45) is 2.17. The van der Waals surface area contributed by atoms with E-state index in [0.717, 1.165) is 25.9 Å². The van der Waals surface area contributed by atoms with Gasteiger partial charge in [-0.1, -0.05) is 29.8 Å². The number of carbonyl (C=O) groups is 1. The van der Waals surface area contributed by atoms with Crippen LogP contribution in [0.3, 0.4) is 0 Å². The van der Waals surface area contributed by atoms with Gasteiger partial charge < -0.3 is 10.2 Å². The zero-order valence-electron chi connectivity index (χ0n) is 10.2. The van der Waals surface area contributed by atoms with Gasteiger partial charge in [-0.15, -0.1) is 0 Å². The van der Waals surface area contributed by atoms with Crippen LogP contribution in [0.2, 0.25) is 0 Å². The molecule has 1 unspecified atom stereocenters. The Bertz CT molecular complexity index is 183. The highest BCUT2D eigenvalue weighted by Gasteiger charge is 2.17. The van der Waals surface area contributed by atoms with Gasteiger partial charge in [0.05, 0.1) is 4.83 Å². The number of nitrogens with zero attached hydrogens (tertiary/aromatic N) is 1. The molecule has 15 heavy (non-hydrogen) atoms. The molecular weight excluding hydrogens is 256 g/mol. The van der Waals surface area contributed by atoms with Crippen LogP contribution in [0.4, 0.5) is 0 Å². The largest absolute Gasteiger partial charge is 0.355 e. The number of carbonyl (C=O) groups excluding carboxylic acids is 1. The van der Waals surface area contributed by atoms with Crippen molar-refractivity contribution in [1.82, 2.24) is 10.2 Å². The van der Waals surface area contributed by atoms with E-state index in [9.17, 15) is 4.79 Å². The highest BCUT2D eigenvalue weighted by molar-refractivity contribution is 9.10. The van der Waals surface area contributed by atoms with Crippen molar-refractivity contribution < 1.29 is 4.79 Å². The van der Waals surface area contributed by atoms with E-state index < -0.39 is 0 Å². The fraction of sp³-hybridized carbons (Fsp3) is 0.909. The first-order valence-electron chi connectivity index (χ1n) is 5.51. The predicted octanol–water partition coefficient (Wildman–Crippen LogP) is 1.86. The Morgan fingerprint density at radius 1 is 1.33 bits per heavy atom. The lowest BCUT2D eigenvalue weighted by molar-refractivity contribution is -0.121. The molecule has 0 saturated carbocycles. The van der Waals surface area contributed by atoms with Crippen molar-refractivity contribution in [3.63, 3.8) is 0 Å². The van der Waals surface area contributed by atoms with Crippen LogP contribution in [0.15, 0.2) is 0 Å². The molecular formula is C11H23BrN2O. The van der Waals surface area contributed by atoms with Crippen LogP contribution in [0.1, 0.15) is 26.7 Å². The summed E-state index contributed by atoms with van der Waals surface area (Å²) in [6, 6.07) is 0. The zero-order valence-corrected chi connectivity index (χ0v) is 11.8. The van der Waals surface area contributed by atoms with Crippen molar-refractivity contribution in [3.8, 4) is 0 Å². The lowest BCUT2D eigenvalue weighted by atomic mass is 10.1. The van der Waals surface area contributed by atoms with Crippen molar-refractivity contribution in [1.29, 1.82) is 0 Å². The normalized spacial score (nSPS) is 13.3. The number of nitrogens with one attached hydrogen (secondary N) is 1. The lowest BCUT2D eigenvalue weighted by Crippen LogP contribution is -2.34. The van der Waals surface area contributed by atoms with Crippen molar-refractivity contribution in [2.75, 3.05) is 27.2 Å². The van der Waals surface area contributed by atoms with Gasteiger partial charge in [-0.05, 0) is 39.4 Å². The number of hydrogen-bond donors (Lipinski definition) is 1. The van der Waals surface area contributed by atoms with Crippen molar-refractivity contribution >= 4 is 21.8 Å². The minimum absolute atomic E-state index is 0.0636. The van der Waals surface area contributed by atoms with Crippen LogP contribution in [0, 0.1) is 5.92 Å². The van der Waals surface area contributed by atoms with Gasteiger partial charge in [0.2, 0.25) is 5.91 Å². The van der Waals surface area contributed by atoms with E-state index in [4.69, 9.17) is 0 Å². The molecule has 0 fully saturated rings. The van der Waals surface area contributed by atoms with E-state index in [0.29, 0.717) is 5.92 Å². The van der Waals surface area contributed by atoms with Crippen LogP contribution >= 0.6 is 15.9 Å². The molecule has 0 aromatic heterocycles. The molecule has 0 radical (unpaired) electrons. The smallest absolute Gasteiger partial charge is 0.234 e. The van der Waals surface area contributed by atoms with Crippen LogP contribution in [0.25, 0.3) is 0 Å². The number of rotatable bonds is 7. The minimum atomic E-state index is -0.0636. The summed E-state index contributed by atoms with van der Waals surface area (Å²) >= 11 is 3.38. The van der Waals surface area contributed by atoms with Crippen LogP contribution < -0.4 is 5.32 Å². The van der Waals surface area contributed by atoms with Gasteiger partial charge in [0.15, 0.2) is 0 Å². The van der Waals surface area contributed by atoms with Crippen molar-refractivity contribution in [2.24, 2.45) is 5.92 Å². The van der Waals surface area contributed by atoms with Gasteiger partial charge in [0, 0.05) is 6.54 Å². The second-order valence-corrected chi connectivity index (χ2v) is 5.43. The summed E-state index contributed by atoms with van der Waals surface area (Å²) in [5.41, 5.74) is 0. The Morgan fingerprint density at radius 3 is 2.40 bits per heavy atom. The van der Waals surface area contributed by atoms with E-state index in [-0.39, 0.29) is 10.7 Å². The summed E-state index contributed by atoms with van der Waals surface area (Å²) in [6.45, 7) is 5.93. The molecule has 0 aliphatic heterocycles. The molecule has 0 aliphatic carbocycles. The van der Waals surface area contributed by atoms with Gasteiger partial charge in [0.25, 0.3) is 0 Å². The third-order valence-corrected chi connectivity index (χ3v) is 3.64. The quantitative estimate of drug-likeness (QED) is 0.570. The first-order chi connectivity index (χ1) is 6.95. The summed E-state index contributed by atoms with van der Waals surface area (Å²) in [5.74, 6) is 0.446. The van der Waals surface area contributed by atoms with Gasteiger partial charge in [-0.25, -0.2) is 0 Å². The first-order valence-corrected chi connectivity index (χ1v) is 6.43. The van der Waals surface area contributed by atoms with Crippen LogP contribution in [0.5, 0.6) is 0 Å². The third kappa shape index (κ3) is 7.79. The van der Waals surface area contributed by atoms with E-state index in [2.05, 4.69) is 40.2 Å². The molecule has 4 heteroatoms. The first kappa shape index (κ1) is 14.9. The molecule has 0 aromatic carbocycles. The highest BCUT2D eigenvalue weighted by Crippen LogP contribution is 2.11. The molecule has 0 spiro atoms. The standard InChI is InChI=1S/C11H23BrN2O/c1-9(2)10(12)11(15)13-7-5-6-8-14(3)4/h9-10H,5-8H2,1-4H3,(H,13,15). The Morgan fingerprint density at radius 2 is 1.93 bits per heavy atom. The zero-order chi connectivity index (χ0) is 11.8. The number of alkyl halides is 1. The van der Waals surface area contributed by atoms with Crippen molar-refractivity contribution in [2.45, 2.75) is 31.5 Å². The molecule has 1 amide bonds. The lowest BCUT2D eigenvalue weighted by Gasteiger charge is -2.14. The molecule has 90 valence electrons. The van der Waals surface area contributed by atoms with Gasteiger partial charge in [-0.2, -0.15) is 0 Å². The Labute approximate surface area is 102 Å². The molecule has 0 aliphatic rings. The maximum absolute atomic E-state index is 11.5. The average molecular weight is 279 g/mol. The molecule has 0 heterocycles. The third-order valence-electron chi connectivity index (χ3n) is 2.17. The van der Waals surface area contributed by atoms with E-state index in [1.54, 1.807) is 0 Å². The molecule has 0 saturated heterocycles. The van der Waals surface area contributed by atoms with Gasteiger partial charge in [-0.3, -0.25) is 4.79 Å². The average Bonchev–Trinajstić information content (AvgIpc) is 2.15. The highest BCUT2D eigenvalue weighted by atomic mass is 79.9. The molecule has 0 bridgehead atoms. The Hall–Kier alpha value is -0.0900. The topological polar surface area (TPSA) is 32.3 Å². The number of halogens is 1. The van der Waals surface area contributed by atoms with Gasteiger partial charge >= 0.3 is 0 Å². The van der Waals surface area contributed by atoms with Crippen molar-refractivity contribution in [3.05, 3.63) is 0 Å². The molecule has 1 N–H and O–H groups in total. The molecule has 0 aromatic rings. The fourth-order valence-electron chi connectivity index (χ4n) is 1.16. The number of hydrogen-bond acceptors (Lipinski definition) is 2. The second kappa shape index (κ2) is 8.11. The number of amides is 1. The maximum atomic E-state index is 11.5. The predicted molar refractivity (Wildman–Crippen MR) is 68.4 cm³/mol. The molecule has 1 atom stereocenters.